The van der Waals surface area contributed by atoms with Gasteiger partial charge in [-0.05, 0) is 32.1 Å². The van der Waals surface area contributed by atoms with Crippen LogP contribution in [0.2, 0.25) is 0 Å². The number of allylic oxidation sites excluding steroid dienone is 3. The van der Waals surface area contributed by atoms with Gasteiger partial charge >= 0.3 is 0 Å². The Kier molecular flexibility index (Phi) is 41.2. The van der Waals surface area contributed by atoms with E-state index in [4.69, 9.17) is 18.9 Å². The molecule has 0 aliphatic carbocycles. The lowest BCUT2D eigenvalue weighted by Crippen LogP contribution is -2.65. The molecule has 2 saturated heterocycles. The van der Waals surface area contributed by atoms with Crippen molar-refractivity contribution in [3.05, 3.63) is 24.3 Å². The van der Waals surface area contributed by atoms with Gasteiger partial charge in [0.25, 0.3) is 0 Å². The quantitative estimate of drug-likeness (QED) is 0.0205. The Morgan fingerprint density at radius 2 is 0.889 bits per heavy atom. The van der Waals surface area contributed by atoms with E-state index < -0.39 is 86.8 Å². The lowest BCUT2D eigenvalue weighted by Gasteiger charge is -2.46. The predicted octanol–water partition coefficient (Wildman–Crippen LogP) is 9.67. The van der Waals surface area contributed by atoms with Gasteiger partial charge in [0, 0.05) is 6.42 Å². The first-order valence-corrected chi connectivity index (χ1v) is 29.6. The number of hydrogen-bond acceptors (Lipinski definition) is 13. The molecule has 0 radical (unpaired) electrons. The summed E-state index contributed by atoms with van der Waals surface area (Å²) in [5.74, 6) is -0.261. The van der Waals surface area contributed by atoms with E-state index in [0.29, 0.717) is 12.8 Å². The average Bonchev–Trinajstić information content (AvgIpc) is 3.38. The summed E-state index contributed by atoms with van der Waals surface area (Å²) in [5.41, 5.74) is 0. The Hall–Kier alpha value is -1.53. The van der Waals surface area contributed by atoms with Crippen LogP contribution in [0.15, 0.2) is 24.3 Å². The molecule has 14 heteroatoms. The summed E-state index contributed by atoms with van der Waals surface area (Å²) in [6.07, 6.45) is 36.2. The van der Waals surface area contributed by atoms with Crippen LogP contribution in [0.1, 0.15) is 245 Å². The molecule has 0 saturated carbocycles. The van der Waals surface area contributed by atoms with Gasteiger partial charge in [-0.3, -0.25) is 4.79 Å². The summed E-state index contributed by atoms with van der Waals surface area (Å²) in [6, 6.07) is -0.924. The van der Waals surface area contributed by atoms with Crippen molar-refractivity contribution >= 4 is 5.91 Å². The number of amides is 1. The molecule has 0 aromatic rings. The number of rotatable bonds is 47. The van der Waals surface area contributed by atoms with Crippen molar-refractivity contribution in [2.75, 3.05) is 19.8 Å². The van der Waals surface area contributed by atoms with Crippen LogP contribution < -0.4 is 5.32 Å². The number of hydrogen-bond donors (Lipinski definition) is 9. The molecule has 2 rings (SSSR count). The van der Waals surface area contributed by atoms with E-state index in [1.165, 1.54) is 173 Å². The van der Waals surface area contributed by atoms with Gasteiger partial charge < -0.3 is 65.1 Å². The normalized spacial score (nSPS) is 25.7. The smallest absolute Gasteiger partial charge is 0.220 e. The monoisotopic (exact) mass is 1030 g/mol. The van der Waals surface area contributed by atoms with E-state index in [-0.39, 0.29) is 18.9 Å². The minimum Gasteiger partial charge on any atom is -0.394 e. The zero-order chi connectivity index (χ0) is 52.4. The average molecular weight is 1030 g/mol. The molecular weight excluding hydrogens is 919 g/mol. The van der Waals surface area contributed by atoms with E-state index in [1.807, 2.05) is 6.08 Å². The highest BCUT2D eigenvalue weighted by Crippen LogP contribution is 2.30. The third-order valence-electron chi connectivity index (χ3n) is 14.6. The van der Waals surface area contributed by atoms with Crippen LogP contribution in [0.4, 0.5) is 0 Å². The molecule has 12 unspecified atom stereocenters. The van der Waals surface area contributed by atoms with Gasteiger partial charge in [0.05, 0.1) is 32.0 Å². The van der Waals surface area contributed by atoms with Crippen molar-refractivity contribution < 1.29 is 64.6 Å². The fraction of sp³-hybridized carbons (Fsp3) is 0.914. The first-order valence-electron chi connectivity index (χ1n) is 29.6. The van der Waals surface area contributed by atoms with Crippen LogP contribution in [0.5, 0.6) is 0 Å². The van der Waals surface area contributed by atoms with Crippen LogP contribution in [0.3, 0.4) is 0 Å². The van der Waals surface area contributed by atoms with Crippen molar-refractivity contribution in [3.8, 4) is 0 Å². The van der Waals surface area contributed by atoms with Gasteiger partial charge in [-0.15, -0.1) is 0 Å². The van der Waals surface area contributed by atoms with Gasteiger partial charge in [0.15, 0.2) is 12.6 Å². The fourth-order valence-electron chi connectivity index (χ4n) is 9.84. The molecule has 0 bridgehead atoms. The predicted molar refractivity (Wildman–Crippen MR) is 286 cm³/mol. The Bertz CT molecular complexity index is 1300. The number of nitrogens with one attached hydrogen (secondary N) is 1. The molecule has 0 aromatic carbocycles. The highest BCUT2D eigenvalue weighted by Gasteiger charge is 2.51. The fourth-order valence-corrected chi connectivity index (χ4v) is 9.84. The van der Waals surface area contributed by atoms with Crippen molar-refractivity contribution in [2.45, 2.75) is 319 Å². The largest absolute Gasteiger partial charge is 0.394 e. The van der Waals surface area contributed by atoms with E-state index in [2.05, 4.69) is 31.3 Å². The van der Waals surface area contributed by atoms with Gasteiger partial charge in [0.1, 0.15) is 48.8 Å². The molecule has 1 amide bonds. The van der Waals surface area contributed by atoms with Crippen LogP contribution >= 0.6 is 0 Å². The SMILES string of the molecule is CCCCCCCCCCCCCCCCCCCCCCCCCCCCC/C=C/CC/C=C/C(O)C(COC1OC(CO)C(OC2OC(CO)C(O)C(O)C2O)C(O)C1O)NC(=O)CCCCCCC. The van der Waals surface area contributed by atoms with Gasteiger partial charge in [-0.2, -0.15) is 0 Å². The minimum absolute atomic E-state index is 0.261. The third kappa shape index (κ3) is 30.3. The van der Waals surface area contributed by atoms with Crippen LogP contribution in [0, 0.1) is 0 Å². The van der Waals surface area contributed by atoms with Crippen molar-refractivity contribution in [1.82, 2.24) is 5.32 Å². The highest BCUT2D eigenvalue weighted by molar-refractivity contribution is 5.76. The van der Waals surface area contributed by atoms with Gasteiger partial charge in [-0.1, -0.05) is 231 Å². The second kappa shape index (κ2) is 44.6. The van der Waals surface area contributed by atoms with Gasteiger partial charge in [-0.25, -0.2) is 0 Å². The molecule has 14 nitrogen and oxygen atoms in total. The molecule has 2 fully saturated rings. The summed E-state index contributed by atoms with van der Waals surface area (Å²) < 4.78 is 22.6. The molecule has 424 valence electrons. The maximum Gasteiger partial charge on any atom is 0.220 e. The van der Waals surface area contributed by atoms with Crippen molar-refractivity contribution in [2.24, 2.45) is 0 Å². The number of ether oxygens (including phenoxy) is 4. The summed E-state index contributed by atoms with van der Waals surface area (Å²) in [5, 5.41) is 86.4. The number of unbranched alkanes of at least 4 members (excludes halogenated alkanes) is 32. The molecule has 0 spiro atoms. The third-order valence-corrected chi connectivity index (χ3v) is 14.6. The van der Waals surface area contributed by atoms with Crippen LogP contribution in [-0.4, -0.2) is 140 Å². The Morgan fingerprint density at radius 3 is 1.36 bits per heavy atom. The van der Waals surface area contributed by atoms with Crippen LogP contribution in [-0.2, 0) is 23.7 Å². The Labute approximate surface area is 437 Å². The summed E-state index contributed by atoms with van der Waals surface area (Å²) in [7, 11) is 0. The highest BCUT2D eigenvalue weighted by atomic mass is 16.7. The maximum atomic E-state index is 13.0. The molecule has 12 atom stereocenters. The first kappa shape index (κ1) is 66.6. The Morgan fingerprint density at radius 1 is 0.486 bits per heavy atom. The van der Waals surface area contributed by atoms with E-state index in [1.54, 1.807) is 6.08 Å². The second-order valence-corrected chi connectivity index (χ2v) is 21.1. The number of carbonyl (C=O) groups is 1. The standard InChI is InChI=1S/C58H109NO13/c1-3-5-7-9-10-11-12-13-14-15-16-17-18-19-20-21-22-23-24-25-26-27-28-29-30-31-32-33-34-35-36-38-39-41-47(62)46(59-50(63)42-40-37-8-6-4-2)45-69-57-55(68)53(66)56(49(44-61)71-57)72-58-54(67)52(65)51(64)48(43-60)70-58/h34-35,39,41,46-49,51-58,60-62,64-68H,3-33,36-38,40,42-45H2,1-2H3,(H,59,63)/b35-34+,41-39+. The Balaban J connectivity index is 1.58. The molecule has 2 aliphatic heterocycles. The van der Waals surface area contributed by atoms with E-state index in [0.717, 1.165) is 38.5 Å². The topological polar surface area (TPSA) is 228 Å². The van der Waals surface area contributed by atoms with E-state index >= 15 is 0 Å². The molecule has 9 N–H and O–H groups in total. The molecule has 2 aliphatic rings. The van der Waals surface area contributed by atoms with Crippen LogP contribution in [0.25, 0.3) is 0 Å². The zero-order valence-corrected chi connectivity index (χ0v) is 45.4. The van der Waals surface area contributed by atoms with Crippen molar-refractivity contribution in [1.29, 1.82) is 0 Å². The zero-order valence-electron chi connectivity index (χ0n) is 45.4. The van der Waals surface area contributed by atoms with Gasteiger partial charge in [0.2, 0.25) is 5.91 Å². The number of aliphatic hydroxyl groups excluding tert-OH is 8. The minimum atomic E-state index is -1.79. The molecule has 2 heterocycles. The summed E-state index contributed by atoms with van der Waals surface area (Å²) >= 11 is 0. The molecule has 0 aromatic heterocycles. The maximum absolute atomic E-state index is 13.0. The first-order chi connectivity index (χ1) is 35.1. The van der Waals surface area contributed by atoms with E-state index in [9.17, 15) is 45.6 Å². The summed E-state index contributed by atoms with van der Waals surface area (Å²) in [4.78, 5) is 13.0. The lowest BCUT2D eigenvalue weighted by molar-refractivity contribution is -0.359. The number of aliphatic hydroxyl groups is 8. The van der Waals surface area contributed by atoms with Crippen molar-refractivity contribution in [3.63, 3.8) is 0 Å². The molecule has 72 heavy (non-hydrogen) atoms. The number of carbonyl (C=O) groups excluding carboxylic acids is 1. The lowest BCUT2D eigenvalue weighted by atomic mass is 9.97. The molecular formula is C58H109NO13. The summed E-state index contributed by atoms with van der Waals surface area (Å²) in [6.45, 7) is 2.68. The second-order valence-electron chi connectivity index (χ2n) is 21.1.